The van der Waals surface area contributed by atoms with E-state index in [4.69, 9.17) is 16.3 Å². The summed E-state index contributed by atoms with van der Waals surface area (Å²) in [5, 5.41) is 3.23. The van der Waals surface area contributed by atoms with Gasteiger partial charge in [-0.2, -0.15) is 0 Å². The van der Waals surface area contributed by atoms with E-state index in [0.717, 1.165) is 12.8 Å². The zero-order valence-electron chi connectivity index (χ0n) is 11.1. The van der Waals surface area contributed by atoms with Crippen LogP contribution in [-0.4, -0.2) is 35.1 Å². The summed E-state index contributed by atoms with van der Waals surface area (Å²) in [7, 11) is 0. The first-order chi connectivity index (χ1) is 9.08. The Morgan fingerprint density at radius 2 is 2.16 bits per heavy atom. The van der Waals surface area contributed by atoms with E-state index in [1.807, 2.05) is 13.8 Å². The maximum atomic E-state index is 12.2. The molecule has 1 fully saturated rings. The number of hydrogen-bond donors (Lipinski definition) is 1. The van der Waals surface area contributed by atoms with Crippen molar-refractivity contribution < 1.29 is 9.53 Å². The van der Waals surface area contributed by atoms with Gasteiger partial charge in [-0.05, 0) is 12.8 Å². The second kappa shape index (κ2) is 6.30. The molecule has 0 bridgehead atoms. The van der Waals surface area contributed by atoms with Gasteiger partial charge in [0.05, 0.1) is 11.2 Å². The standard InChI is InChI=1S/C13H18ClN3O2/c1-8(2)12-15-7-10(14)11(17-12)13(18)16-9-3-5-19-6-4-9/h7-9H,3-6H2,1-2H3,(H,16,18). The normalized spacial score (nSPS) is 16.6. The number of carbonyl (C=O) groups excluding carboxylic acids is 1. The Bertz CT molecular complexity index is 459. The van der Waals surface area contributed by atoms with Crippen LogP contribution in [0, 0.1) is 0 Å². The molecule has 0 radical (unpaired) electrons. The third kappa shape index (κ3) is 3.64. The summed E-state index contributed by atoms with van der Waals surface area (Å²) in [6, 6.07) is 0.134. The largest absolute Gasteiger partial charge is 0.381 e. The molecule has 1 N–H and O–H groups in total. The van der Waals surface area contributed by atoms with Crippen molar-refractivity contribution in [1.82, 2.24) is 15.3 Å². The molecule has 1 saturated heterocycles. The van der Waals surface area contributed by atoms with Crippen molar-refractivity contribution >= 4 is 17.5 Å². The van der Waals surface area contributed by atoms with Crippen LogP contribution < -0.4 is 5.32 Å². The van der Waals surface area contributed by atoms with Gasteiger partial charge in [0.15, 0.2) is 0 Å². The molecule has 19 heavy (non-hydrogen) atoms. The molecule has 0 spiro atoms. The molecule has 2 heterocycles. The van der Waals surface area contributed by atoms with Gasteiger partial charge in [0.2, 0.25) is 0 Å². The van der Waals surface area contributed by atoms with Crippen molar-refractivity contribution in [1.29, 1.82) is 0 Å². The highest BCUT2D eigenvalue weighted by molar-refractivity contribution is 6.33. The van der Waals surface area contributed by atoms with Crippen molar-refractivity contribution in [2.24, 2.45) is 0 Å². The first-order valence-electron chi connectivity index (χ1n) is 6.49. The van der Waals surface area contributed by atoms with Gasteiger partial charge >= 0.3 is 0 Å². The number of ether oxygens (including phenoxy) is 1. The van der Waals surface area contributed by atoms with Gasteiger partial charge < -0.3 is 10.1 Å². The topological polar surface area (TPSA) is 64.1 Å². The number of amides is 1. The number of carbonyl (C=O) groups is 1. The molecule has 6 heteroatoms. The molecule has 2 rings (SSSR count). The van der Waals surface area contributed by atoms with Gasteiger partial charge in [0, 0.05) is 25.2 Å². The maximum absolute atomic E-state index is 12.2. The number of nitrogens with one attached hydrogen (secondary N) is 1. The van der Waals surface area contributed by atoms with Gasteiger partial charge in [-0.1, -0.05) is 25.4 Å². The number of rotatable bonds is 3. The minimum Gasteiger partial charge on any atom is -0.381 e. The summed E-state index contributed by atoms with van der Waals surface area (Å²) in [5.74, 6) is 0.551. The van der Waals surface area contributed by atoms with Crippen LogP contribution in [0.1, 0.15) is 48.9 Å². The lowest BCUT2D eigenvalue weighted by molar-refractivity contribution is 0.0694. The van der Waals surface area contributed by atoms with E-state index in [9.17, 15) is 4.79 Å². The fraction of sp³-hybridized carbons (Fsp3) is 0.615. The van der Waals surface area contributed by atoms with E-state index in [-0.39, 0.29) is 28.6 Å². The van der Waals surface area contributed by atoms with E-state index in [1.165, 1.54) is 6.20 Å². The Hall–Kier alpha value is -1.20. The van der Waals surface area contributed by atoms with E-state index >= 15 is 0 Å². The smallest absolute Gasteiger partial charge is 0.271 e. The van der Waals surface area contributed by atoms with Crippen LogP contribution in [0.3, 0.4) is 0 Å². The molecule has 0 aromatic carbocycles. The molecular weight excluding hydrogens is 266 g/mol. The first-order valence-corrected chi connectivity index (χ1v) is 6.86. The molecule has 0 aliphatic carbocycles. The van der Waals surface area contributed by atoms with Crippen LogP contribution in [-0.2, 0) is 4.74 Å². The van der Waals surface area contributed by atoms with Crippen LogP contribution in [0.4, 0.5) is 0 Å². The van der Waals surface area contributed by atoms with E-state index in [0.29, 0.717) is 19.0 Å². The molecule has 0 unspecified atom stereocenters. The molecule has 5 nitrogen and oxygen atoms in total. The molecule has 1 aromatic rings. The molecule has 1 aliphatic heterocycles. The molecule has 1 aliphatic rings. The highest BCUT2D eigenvalue weighted by Crippen LogP contribution is 2.17. The minimum absolute atomic E-state index is 0.134. The van der Waals surface area contributed by atoms with Crippen molar-refractivity contribution in [2.45, 2.75) is 38.6 Å². The number of hydrogen-bond acceptors (Lipinski definition) is 4. The quantitative estimate of drug-likeness (QED) is 0.923. The lowest BCUT2D eigenvalue weighted by atomic mass is 10.1. The van der Waals surface area contributed by atoms with Crippen molar-refractivity contribution in [2.75, 3.05) is 13.2 Å². The Kier molecular flexibility index (Phi) is 4.71. The average molecular weight is 284 g/mol. The third-order valence-electron chi connectivity index (χ3n) is 3.05. The van der Waals surface area contributed by atoms with Crippen LogP contribution in [0.25, 0.3) is 0 Å². The fourth-order valence-corrected chi connectivity index (χ4v) is 2.09. The van der Waals surface area contributed by atoms with E-state index in [1.54, 1.807) is 0 Å². The van der Waals surface area contributed by atoms with Crippen molar-refractivity contribution in [3.63, 3.8) is 0 Å². The molecule has 104 valence electrons. The lowest BCUT2D eigenvalue weighted by Crippen LogP contribution is -2.39. The van der Waals surface area contributed by atoms with E-state index in [2.05, 4.69) is 15.3 Å². The van der Waals surface area contributed by atoms with Crippen LogP contribution >= 0.6 is 11.6 Å². The van der Waals surface area contributed by atoms with Crippen molar-refractivity contribution in [3.8, 4) is 0 Å². The predicted octanol–water partition coefficient (Wildman–Crippen LogP) is 2.16. The second-order valence-electron chi connectivity index (χ2n) is 4.94. The van der Waals surface area contributed by atoms with Crippen LogP contribution in [0.5, 0.6) is 0 Å². The average Bonchev–Trinajstić information content (AvgIpc) is 2.40. The fourth-order valence-electron chi connectivity index (χ4n) is 1.91. The zero-order chi connectivity index (χ0) is 13.8. The molecule has 1 amide bonds. The zero-order valence-corrected chi connectivity index (χ0v) is 11.9. The van der Waals surface area contributed by atoms with Crippen LogP contribution in [0.2, 0.25) is 5.02 Å². The van der Waals surface area contributed by atoms with E-state index < -0.39 is 0 Å². The van der Waals surface area contributed by atoms with Gasteiger partial charge in [-0.25, -0.2) is 9.97 Å². The lowest BCUT2D eigenvalue weighted by Gasteiger charge is -2.23. The minimum atomic E-state index is -0.235. The van der Waals surface area contributed by atoms with Gasteiger partial charge in [-0.3, -0.25) is 4.79 Å². The third-order valence-corrected chi connectivity index (χ3v) is 3.33. The van der Waals surface area contributed by atoms with Gasteiger partial charge in [0.1, 0.15) is 11.5 Å². The van der Waals surface area contributed by atoms with Crippen molar-refractivity contribution in [3.05, 3.63) is 22.7 Å². The Balaban J connectivity index is 2.11. The van der Waals surface area contributed by atoms with Crippen LogP contribution in [0.15, 0.2) is 6.20 Å². The first kappa shape index (κ1) is 14.2. The Morgan fingerprint density at radius 3 is 2.79 bits per heavy atom. The van der Waals surface area contributed by atoms with Gasteiger partial charge in [-0.15, -0.1) is 0 Å². The SMILES string of the molecule is CC(C)c1ncc(Cl)c(C(=O)NC2CCOCC2)n1. The molecule has 1 aromatic heterocycles. The molecule has 0 atom stereocenters. The molecular formula is C13H18ClN3O2. The molecule has 0 saturated carbocycles. The second-order valence-corrected chi connectivity index (χ2v) is 5.35. The van der Waals surface area contributed by atoms with Gasteiger partial charge in [0.25, 0.3) is 5.91 Å². The monoisotopic (exact) mass is 283 g/mol. The summed E-state index contributed by atoms with van der Waals surface area (Å²) < 4.78 is 5.26. The maximum Gasteiger partial charge on any atom is 0.271 e. The summed E-state index contributed by atoms with van der Waals surface area (Å²) in [5.41, 5.74) is 0.256. The summed E-state index contributed by atoms with van der Waals surface area (Å²) in [6.45, 7) is 5.31. The predicted molar refractivity (Wildman–Crippen MR) is 72.4 cm³/mol. The number of aromatic nitrogens is 2. The number of halogens is 1. The highest BCUT2D eigenvalue weighted by Gasteiger charge is 2.20. The Morgan fingerprint density at radius 1 is 1.47 bits per heavy atom. The summed E-state index contributed by atoms with van der Waals surface area (Å²) >= 11 is 6.00. The summed E-state index contributed by atoms with van der Waals surface area (Å²) in [6.07, 6.45) is 3.14. The number of nitrogens with zero attached hydrogens (tertiary/aromatic N) is 2. The Labute approximate surface area is 117 Å². The summed E-state index contributed by atoms with van der Waals surface area (Å²) in [4.78, 5) is 20.6. The highest BCUT2D eigenvalue weighted by atomic mass is 35.5.